The topological polar surface area (TPSA) is 66.0 Å². The fraction of sp³-hybridized carbons (Fsp3) is 0.778. The van der Waals surface area contributed by atoms with Gasteiger partial charge in [0.1, 0.15) is 11.6 Å². The smallest absolute Gasteiger partial charge is 0.146 e. The molecule has 0 unspecified atom stereocenters. The SMILES string of the molecule is CCCOCCc1nnc(CN)n1C. The van der Waals surface area contributed by atoms with Gasteiger partial charge in [-0.25, -0.2) is 0 Å². The van der Waals surface area contributed by atoms with Gasteiger partial charge in [-0.2, -0.15) is 0 Å². The Morgan fingerprint density at radius 1 is 1.29 bits per heavy atom. The van der Waals surface area contributed by atoms with Crippen molar-refractivity contribution in [2.24, 2.45) is 12.8 Å². The van der Waals surface area contributed by atoms with Crippen LogP contribution in [0.25, 0.3) is 0 Å². The molecule has 1 aromatic rings. The van der Waals surface area contributed by atoms with Gasteiger partial charge in [0.2, 0.25) is 0 Å². The second-order valence-corrected chi connectivity index (χ2v) is 3.16. The van der Waals surface area contributed by atoms with Gasteiger partial charge in [-0.1, -0.05) is 6.92 Å². The molecule has 0 saturated carbocycles. The van der Waals surface area contributed by atoms with Crippen molar-refractivity contribution < 1.29 is 4.74 Å². The summed E-state index contributed by atoms with van der Waals surface area (Å²) in [6.07, 6.45) is 1.84. The van der Waals surface area contributed by atoms with Crippen LogP contribution in [0.4, 0.5) is 0 Å². The van der Waals surface area contributed by atoms with E-state index in [1.165, 1.54) is 0 Å². The predicted octanol–water partition coefficient (Wildman–Crippen LogP) is 0.243. The minimum atomic E-state index is 0.430. The van der Waals surface area contributed by atoms with Crippen molar-refractivity contribution in [3.63, 3.8) is 0 Å². The largest absolute Gasteiger partial charge is 0.381 e. The third-order valence-electron chi connectivity index (χ3n) is 2.06. The molecule has 80 valence electrons. The number of aromatic nitrogens is 3. The van der Waals surface area contributed by atoms with Crippen molar-refractivity contribution in [2.75, 3.05) is 13.2 Å². The molecule has 1 rings (SSSR count). The normalized spacial score (nSPS) is 10.8. The highest BCUT2D eigenvalue weighted by Gasteiger charge is 2.05. The molecule has 0 aliphatic carbocycles. The molecule has 5 heteroatoms. The zero-order chi connectivity index (χ0) is 10.4. The molecule has 5 nitrogen and oxygen atoms in total. The van der Waals surface area contributed by atoms with Crippen LogP contribution in [0.2, 0.25) is 0 Å². The van der Waals surface area contributed by atoms with Gasteiger partial charge in [0.25, 0.3) is 0 Å². The first kappa shape index (κ1) is 11.1. The van der Waals surface area contributed by atoms with Crippen molar-refractivity contribution >= 4 is 0 Å². The lowest BCUT2D eigenvalue weighted by Crippen LogP contribution is -2.09. The van der Waals surface area contributed by atoms with E-state index in [0.717, 1.165) is 31.1 Å². The van der Waals surface area contributed by atoms with Crippen LogP contribution in [0.15, 0.2) is 0 Å². The van der Waals surface area contributed by atoms with Gasteiger partial charge in [0.05, 0.1) is 13.2 Å². The van der Waals surface area contributed by atoms with Crippen molar-refractivity contribution in [1.82, 2.24) is 14.8 Å². The predicted molar refractivity (Wildman–Crippen MR) is 53.7 cm³/mol. The Morgan fingerprint density at radius 2 is 2.00 bits per heavy atom. The van der Waals surface area contributed by atoms with Gasteiger partial charge in [-0.05, 0) is 6.42 Å². The first-order chi connectivity index (χ1) is 6.79. The number of ether oxygens (including phenoxy) is 1. The van der Waals surface area contributed by atoms with E-state index in [1.54, 1.807) is 0 Å². The summed E-state index contributed by atoms with van der Waals surface area (Å²) in [4.78, 5) is 0. The molecule has 2 N–H and O–H groups in total. The Bertz CT molecular complexity index is 272. The van der Waals surface area contributed by atoms with Crippen LogP contribution >= 0.6 is 0 Å². The van der Waals surface area contributed by atoms with Crippen LogP contribution < -0.4 is 5.73 Å². The van der Waals surface area contributed by atoms with E-state index in [2.05, 4.69) is 17.1 Å². The molecule has 1 heterocycles. The van der Waals surface area contributed by atoms with E-state index in [4.69, 9.17) is 10.5 Å². The average Bonchev–Trinajstić information content (AvgIpc) is 2.55. The van der Waals surface area contributed by atoms with Crippen LogP contribution in [0.1, 0.15) is 25.0 Å². The summed E-state index contributed by atoms with van der Waals surface area (Å²) >= 11 is 0. The maximum atomic E-state index is 5.49. The highest BCUT2D eigenvalue weighted by molar-refractivity contribution is 4.94. The maximum absolute atomic E-state index is 5.49. The number of hydrogen-bond donors (Lipinski definition) is 1. The van der Waals surface area contributed by atoms with Crippen molar-refractivity contribution in [1.29, 1.82) is 0 Å². The highest BCUT2D eigenvalue weighted by Crippen LogP contribution is 1.99. The summed E-state index contributed by atoms with van der Waals surface area (Å²) < 4.78 is 7.30. The summed E-state index contributed by atoms with van der Waals surface area (Å²) in [5.74, 6) is 1.75. The molecular formula is C9H18N4O. The molecule has 0 amide bonds. The number of nitrogens with two attached hydrogens (primary N) is 1. The van der Waals surface area contributed by atoms with E-state index in [-0.39, 0.29) is 0 Å². The minimum Gasteiger partial charge on any atom is -0.381 e. The van der Waals surface area contributed by atoms with Crippen LogP contribution in [0.3, 0.4) is 0 Å². The Morgan fingerprint density at radius 3 is 2.57 bits per heavy atom. The minimum absolute atomic E-state index is 0.430. The first-order valence-corrected chi connectivity index (χ1v) is 4.94. The van der Waals surface area contributed by atoms with Gasteiger partial charge in [-0.15, -0.1) is 10.2 Å². The van der Waals surface area contributed by atoms with E-state index < -0.39 is 0 Å². The van der Waals surface area contributed by atoms with E-state index in [0.29, 0.717) is 13.2 Å². The summed E-state index contributed by atoms with van der Waals surface area (Å²) in [6, 6.07) is 0. The quantitative estimate of drug-likeness (QED) is 0.665. The Kier molecular flexibility index (Phi) is 4.55. The molecule has 14 heavy (non-hydrogen) atoms. The summed E-state index contributed by atoms with van der Waals surface area (Å²) in [5.41, 5.74) is 5.49. The number of rotatable bonds is 6. The summed E-state index contributed by atoms with van der Waals surface area (Å²) in [5, 5.41) is 8.00. The van der Waals surface area contributed by atoms with Crippen LogP contribution in [-0.2, 0) is 24.8 Å². The molecule has 0 spiro atoms. The fourth-order valence-electron chi connectivity index (χ4n) is 1.20. The molecule has 0 aromatic carbocycles. The molecular weight excluding hydrogens is 180 g/mol. The Hall–Kier alpha value is -0.940. The molecule has 0 bridgehead atoms. The molecule has 0 fully saturated rings. The van der Waals surface area contributed by atoms with Gasteiger partial charge in [0.15, 0.2) is 0 Å². The lowest BCUT2D eigenvalue weighted by Gasteiger charge is -2.03. The monoisotopic (exact) mass is 198 g/mol. The zero-order valence-corrected chi connectivity index (χ0v) is 8.86. The van der Waals surface area contributed by atoms with E-state index >= 15 is 0 Å². The third-order valence-corrected chi connectivity index (χ3v) is 2.06. The van der Waals surface area contributed by atoms with Crippen LogP contribution in [0, 0.1) is 0 Å². The van der Waals surface area contributed by atoms with Crippen LogP contribution in [-0.4, -0.2) is 28.0 Å². The lowest BCUT2D eigenvalue weighted by atomic mass is 10.4. The molecule has 0 atom stereocenters. The molecule has 0 radical (unpaired) electrons. The summed E-state index contributed by atoms with van der Waals surface area (Å²) in [6.45, 7) is 4.03. The van der Waals surface area contributed by atoms with Crippen molar-refractivity contribution in [3.05, 3.63) is 11.6 Å². The second kappa shape index (κ2) is 5.72. The van der Waals surface area contributed by atoms with E-state index in [1.807, 2.05) is 11.6 Å². The fourth-order valence-corrected chi connectivity index (χ4v) is 1.20. The van der Waals surface area contributed by atoms with Gasteiger partial charge < -0.3 is 15.0 Å². The molecule has 0 aliphatic rings. The van der Waals surface area contributed by atoms with Gasteiger partial charge in [-0.3, -0.25) is 0 Å². The Balaban J connectivity index is 2.39. The lowest BCUT2D eigenvalue weighted by molar-refractivity contribution is 0.136. The molecule has 0 aliphatic heterocycles. The summed E-state index contributed by atoms with van der Waals surface area (Å²) in [7, 11) is 1.93. The maximum Gasteiger partial charge on any atom is 0.146 e. The average molecular weight is 198 g/mol. The number of hydrogen-bond acceptors (Lipinski definition) is 4. The van der Waals surface area contributed by atoms with Crippen molar-refractivity contribution in [3.8, 4) is 0 Å². The van der Waals surface area contributed by atoms with Gasteiger partial charge >= 0.3 is 0 Å². The standard InChI is InChI=1S/C9H18N4O/c1-3-5-14-6-4-8-11-12-9(7-10)13(8)2/h3-7,10H2,1-2H3. The van der Waals surface area contributed by atoms with Crippen LogP contribution in [0.5, 0.6) is 0 Å². The van der Waals surface area contributed by atoms with Crippen molar-refractivity contribution in [2.45, 2.75) is 26.3 Å². The second-order valence-electron chi connectivity index (χ2n) is 3.16. The third kappa shape index (κ3) is 2.78. The molecule has 1 aromatic heterocycles. The Labute approximate surface area is 84.3 Å². The highest BCUT2D eigenvalue weighted by atomic mass is 16.5. The first-order valence-electron chi connectivity index (χ1n) is 4.94. The molecule has 0 saturated heterocycles. The zero-order valence-electron chi connectivity index (χ0n) is 8.86. The number of nitrogens with zero attached hydrogens (tertiary/aromatic N) is 3. The van der Waals surface area contributed by atoms with E-state index in [9.17, 15) is 0 Å². The van der Waals surface area contributed by atoms with Gasteiger partial charge in [0, 0.05) is 20.1 Å².